The van der Waals surface area contributed by atoms with Gasteiger partial charge in [-0.05, 0) is 43.5 Å². The van der Waals surface area contributed by atoms with Gasteiger partial charge in [-0.3, -0.25) is 0 Å². The van der Waals surface area contributed by atoms with E-state index in [1.807, 2.05) is 60.7 Å². The molecule has 30 heavy (non-hydrogen) atoms. The molecular weight excluding hydrogens is 382 g/mol. The summed E-state index contributed by atoms with van der Waals surface area (Å²) in [6.45, 7) is 3.14. The molecule has 7 nitrogen and oxygen atoms in total. The number of nitrogens with one attached hydrogen (secondary N) is 2. The van der Waals surface area contributed by atoms with Crippen LogP contribution in [-0.4, -0.2) is 43.3 Å². The van der Waals surface area contributed by atoms with Crippen LogP contribution in [0.5, 0.6) is 0 Å². The Labute approximate surface area is 178 Å². The molecule has 0 radical (unpaired) electrons. The summed E-state index contributed by atoms with van der Waals surface area (Å²) in [7, 11) is 0. The molecule has 0 saturated heterocycles. The van der Waals surface area contributed by atoms with Crippen molar-refractivity contribution >= 4 is 12.2 Å². The van der Waals surface area contributed by atoms with Crippen LogP contribution >= 0.6 is 0 Å². The summed E-state index contributed by atoms with van der Waals surface area (Å²) in [5.41, 5.74) is 1.90. The van der Waals surface area contributed by atoms with Crippen molar-refractivity contribution < 1.29 is 19.4 Å². The maximum atomic E-state index is 11.6. The fourth-order valence-electron chi connectivity index (χ4n) is 2.90. The molecule has 0 aromatic heterocycles. The lowest BCUT2D eigenvalue weighted by Gasteiger charge is -2.25. The van der Waals surface area contributed by atoms with Crippen molar-refractivity contribution in [1.29, 1.82) is 0 Å². The number of hydrogen-bond acceptors (Lipinski definition) is 5. The number of hydrogen-bond donors (Lipinski definition) is 2. The number of carboxylic acid groups (broad SMARTS) is 1. The van der Waals surface area contributed by atoms with E-state index in [4.69, 9.17) is 4.74 Å². The van der Waals surface area contributed by atoms with Gasteiger partial charge < -0.3 is 30.2 Å². The first-order chi connectivity index (χ1) is 14.6. The van der Waals surface area contributed by atoms with E-state index >= 15 is 0 Å². The molecule has 0 aliphatic heterocycles. The topological polar surface area (TPSA) is 93.7 Å². The first kappa shape index (κ1) is 23.2. The predicted molar refractivity (Wildman–Crippen MR) is 114 cm³/mol. The van der Waals surface area contributed by atoms with Crippen LogP contribution in [0.1, 0.15) is 30.4 Å². The van der Waals surface area contributed by atoms with Gasteiger partial charge in [0.15, 0.2) is 0 Å². The highest BCUT2D eigenvalue weighted by Gasteiger charge is 2.05. The molecule has 7 heteroatoms. The Hall–Kier alpha value is -3.06. The van der Waals surface area contributed by atoms with Gasteiger partial charge in [-0.25, -0.2) is 4.79 Å². The lowest BCUT2D eigenvalue weighted by molar-refractivity contribution is -0.266. The Kier molecular flexibility index (Phi) is 10.8. The summed E-state index contributed by atoms with van der Waals surface area (Å²) in [5.74, 6) is 0. The van der Waals surface area contributed by atoms with Crippen LogP contribution in [0.3, 0.4) is 0 Å². The number of unbranched alkanes of at least 4 members (excludes halogenated alkanes) is 1. The molecule has 0 bridgehead atoms. The quantitative estimate of drug-likeness (QED) is 0.493. The molecule has 0 aliphatic carbocycles. The zero-order valence-corrected chi connectivity index (χ0v) is 17.2. The van der Waals surface area contributed by atoms with Crippen molar-refractivity contribution in [2.75, 3.05) is 26.2 Å². The number of alkyl carbamates (subject to hydrolysis) is 1. The van der Waals surface area contributed by atoms with E-state index in [9.17, 15) is 14.7 Å². The second kappa shape index (κ2) is 14.0. The first-order valence-electron chi connectivity index (χ1n) is 10.3. The van der Waals surface area contributed by atoms with E-state index < -0.39 is 12.2 Å². The molecule has 0 spiro atoms. The number of benzene rings is 2. The lowest BCUT2D eigenvalue weighted by Crippen LogP contribution is -2.41. The summed E-state index contributed by atoms with van der Waals surface area (Å²) < 4.78 is 5.15. The largest absolute Gasteiger partial charge is 0.530 e. The average molecular weight is 413 g/mol. The second-order valence-corrected chi connectivity index (χ2v) is 6.97. The van der Waals surface area contributed by atoms with E-state index in [-0.39, 0.29) is 6.61 Å². The lowest BCUT2D eigenvalue weighted by atomic mass is 10.2. The van der Waals surface area contributed by atoms with E-state index in [1.54, 1.807) is 0 Å². The van der Waals surface area contributed by atoms with Crippen LogP contribution in [0.15, 0.2) is 60.7 Å². The highest BCUT2D eigenvalue weighted by Crippen LogP contribution is 2.04. The Morgan fingerprint density at radius 1 is 0.833 bits per heavy atom. The van der Waals surface area contributed by atoms with Gasteiger partial charge >= 0.3 is 6.09 Å². The average Bonchev–Trinajstić information content (AvgIpc) is 2.77. The smallest absolute Gasteiger partial charge is 0.407 e. The summed E-state index contributed by atoms with van der Waals surface area (Å²) in [6, 6.07) is 19.0. The molecular formula is C23H30N3O4-. The third-order valence-electron chi connectivity index (χ3n) is 4.52. The predicted octanol–water partition coefficient (Wildman–Crippen LogP) is 2.52. The van der Waals surface area contributed by atoms with Crippen LogP contribution in [0.25, 0.3) is 0 Å². The number of amides is 2. The number of nitrogens with zero attached hydrogens (tertiary/aromatic N) is 1. The normalized spacial score (nSPS) is 10.4. The van der Waals surface area contributed by atoms with E-state index in [0.29, 0.717) is 26.1 Å². The minimum Gasteiger partial charge on any atom is -0.530 e. The van der Waals surface area contributed by atoms with Gasteiger partial charge in [0.1, 0.15) is 12.7 Å². The van der Waals surface area contributed by atoms with E-state index in [0.717, 1.165) is 37.1 Å². The van der Waals surface area contributed by atoms with Crippen molar-refractivity contribution in [1.82, 2.24) is 15.5 Å². The summed E-state index contributed by atoms with van der Waals surface area (Å²) in [5, 5.41) is 17.3. The molecule has 0 aliphatic rings. The van der Waals surface area contributed by atoms with E-state index in [2.05, 4.69) is 10.6 Å². The van der Waals surface area contributed by atoms with Gasteiger partial charge in [0.25, 0.3) is 0 Å². The third kappa shape index (κ3) is 9.93. The van der Waals surface area contributed by atoms with Crippen molar-refractivity contribution in [3.05, 3.63) is 71.8 Å². The molecule has 162 valence electrons. The maximum absolute atomic E-state index is 11.6. The molecule has 0 unspecified atom stereocenters. The standard InChI is InChI=1S/C23H31N3O4/c27-22(30-19-21-12-5-2-6-13-21)25-16-8-7-14-24-15-9-17-26(23(28)29)18-20-10-3-1-4-11-20/h1-6,10-13,24H,7-9,14-19H2,(H,25,27)(H,28,29)/p-1. The highest BCUT2D eigenvalue weighted by atomic mass is 16.5. The van der Waals surface area contributed by atoms with Gasteiger partial charge in [0, 0.05) is 19.6 Å². The minimum atomic E-state index is -1.15. The SMILES string of the molecule is O=C(NCCCCNCCCN(Cc1ccccc1)C(=O)[O-])OCc1ccccc1. The van der Waals surface area contributed by atoms with Crippen LogP contribution in [0, 0.1) is 0 Å². The molecule has 2 aromatic rings. The van der Waals surface area contributed by atoms with Crippen LogP contribution in [-0.2, 0) is 17.9 Å². The zero-order valence-electron chi connectivity index (χ0n) is 17.2. The maximum Gasteiger partial charge on any atom is 0.407 e. The molecule has 0 atom stereocenters. The van der Waals surface area contributed by atoms with Gasteiger partial charge in [-0.2, -0.15) is 0 Å². The molecule has 0 heterocycles. The molecule has 2 aromatic carbocycles. The highest BCUT2D eigenvalue weighted by molar-refractivity contribution is 5.67. The van der Waals surface area contributed by atoms with Gasteiger partial charge in [0.05, 0.1) is 0 Å². The minimum absolute atomic E-state index is 0.265. The fraction of sp³-hybridized carbons (Fsp3) is 0.391. The molecule has 2 N–H and O–H groups in total. The van der Waals surface area contributed by atoms with Crippen LogP contribution < -0.4 is 15.7 Å². The van der Waals surface area contributed by atoms with Crippen molar-refractivity contribution in [2.45, 2.75) is 32.4 Å². The zero-order chi connectivity index (χ0) is 21.4. The Balaban J connectivity index is 1.45. The second-order valence-electron chi connectivity index (χ2n) is 6.97. The number of rotatable bonds is 13. The Morgan fingerprint density at radius 2 is 1.43 bits per heavy atom. The fourth-order valence-corrected chi connectivity index (χ4v) is 2.90. The summed E-state index contributed by atoms with van der Waals surface area (Å²) >= 11 is 0. The number of ether oxygens (including phenoxy) is 1. The summed E-state index contributed by atoms with van der Waals surface area (Å²) in [6.07, 6.45) is 0.904. The van der Waals surface area contributed by atoms with Crippen molar-refractivity contribution in [3.63, 3.8) is 0 Å². The van der Waals surface area contributed by atoms with Crippen LogP contribution in [0.2, 0.25) is 0 Å². The number of carbonyl (C=O) groups is 2. The van der Waals surface area contributed by atoms with Crippen molar-refractivity contribution in [2.24, 2.45) is 0 Å². The Morgan fingerprint density at radius 3 is 2.10 bits per heavy atom. The molecule has 0 saturated carbocycles. The molecule has 2 amide bonds. The van der Waals surface area contributed by atoms with E-state index in [1.165, 1.54) is 4.90 Å². The van der Waals surface area contributed by atoms with Gasteiger partial charge in [0.2, 0.25) is 0 Å². The third-order valence-corrected chi connectivity index (χ3v) is 4.52. The number of carbonyl (C=O) groups excluding carboxylic acids is 2. The molecule has 2 rings (SSSR count). The van der Waals surface area contributed by atoms with Crippen LogP contribution in [0.4, 0.5) is 9.59 Å². The van der Waals surface area contributed by atoms with Crippen molar-refractivity contribution in [3.8, 4) is 0 Å². The summed E-state index contributed by atoms with van der Waals surface area (Å²) in [4.78, 5) is 24.2. The molecule has 0 fully saturated rings. The van der Waals surface area contributed by atoms with Gasteiger partial charge in [-0.15, -0.1) is 0 Å². The first-order valence-corrected chi connectivity index (χ1v) is 10.3. The Bertz CT molecular complexity index is 741. The monoisotopic (exact) mass is 412 g/mol. The van der Waals surface area contributed by atoms with Gasteiger partial charge in [-0.1, -0.05) is 60.7 Å².